The summed E-state index contributed by atoms with van der Waals surface area (Å²) in [5.74, 6) is 1.07. The van der Waals surface area contributed by atoms with Crippen molar-refractivity contribution in [1.82, 2.24) is 4.90 Å². The van der Waals surface area contributed by atoms with Gasteiger partial charge in [0.2, 0.25) is 0 Å². The van der Waals surface area contributed by atoms with Gasteiger partial charge in [-0.2, -0.15) is 0 Å². The van der Waals surface area contributed by atoms with Crippen LogP contribution in [-0.2, 0) is 0 Å². The molecule has 3 nitrogen and oxygen atoms in total. The average Bonchev–Trinajstić information content (AvgIpc) is 2.46. The lowest BCUT2D eigenvalue weighted by Gasteiger charge is -2.35. The summed E-state index contributed by atoms with van der Waals surface area (Å²) in [7, 11) is 0. The van der Waals surface area contributed by atoms with E-state index in [0.29, 0.717) is 17.4 Å². The number of carbonyl (C=O) groups excluding carboxylic acids is 1. The number of likely N-dealkylation sites (tertiary alicyclic amines) is 1. The van der Waals surface area contributed by atoms with Gasteiger partial charge in [0.15, 0.2) is 0 Å². The number of benzene rings is 2. The molecule has 2 aromatic carbocycles. The number of hydrogen-bond acceptors (Lipinski definition) is 2. The Bertz CT molecular complexity index is 670. The van der Waals surface area contributed by atoms with E-state index in [1.54, 1.807) is 6.07 Å². The number of hydrogen-bond donors (Lipinski definition) is 1. The highest BCUT2D eigenvalue weighted by Gasteiger charge is 2.27. The summed E-state index contributed by atoms with van der Waals surface area (Å²) in [6.45, 7) is 5.90. The van der Waals surface area contributed by atoms with Crippen LogP contribution in [0.5, 0.6) is 5.75 Å². The van der Waals surface area contributed by atoms with E-state index < -0.39 is 0 Å². The number of phenolic OH excluding ortho intramolecular Hbond substituents is 1. The summed E-state index contributed by atoms with van der Waals surface area (Å²) in [6, 6.07) is 11.2. The molecule has 0 aliphatic carbocycles. The first kappa shape index (κ1) is 13.9. The maximum Gasteiger partial charge on any atom is 0.257 e. The molecule has 1 heterocycles. The zero-order chi connectivity index (χ0) is 15.0. The SMILES string of the molecule is CC1CC(C)CN(C(=O)c2ccc3ccccc3c2O)C1. The van der Waals surface area contributed by atoms with Crippen LogP contribution in [0.25, 0.3) is 10.8 Å². The molecule has 0 saturated carbocycles. The maximum atomic E-state index is 12.7. The van der Waals surface area contributed by atoms with Crippen molar-refractivity contribution in [3.05, 3.63) is 42.0 Å². The Morgan fingerprint density at radius 3 is 2.48 bits per heavy atom. The molecule has 0 radical (unpaired) electrons. The second-order valence-electron chi connectivity index (χ2n) is 6.34. The molecule has 1 amide bonds. The highest BCUT2D eigenvalue weighted by molar-refractivity contribution is 6.03. The van der Waals surface area contributed by atoms with Crippen LogP contribution < -0.4 is 0 Å². The highest BCUT2D eigenvalue weighted by atomic mass is 16.3. The molecule has 1 aliphatic heterocycles. The van der Waals surface area contributed by atoms with Crippen LogP contribution in [0.15, 0.2) is 36.4 Å². The third-order valence-electron chi connectivity index (χ3n) is 4.29. The molecule has 0 spiro atoms. The number of amides is 1. The van der Waals surface area contributed by atoms with E-state index >= 15 is 0 Å². The molecule has 1 aliphatic rings. The molecule has 0 bridgehead atoms. The molecular weight excluding hydrogens is 262 g/mol. The molecule has 2 atom stereocenters. The monoisotopic (exact) mass is 283 g/mol. The van der Waals surface area contributed by atoms with Crippen molar-refractivity contribution in [3.8, 4) is 5.75 Å². The van der Waals surface area contributed by atoms with Gasteiger partial charge in [-0.25, -0.2) is 0 Å². The van der Waals surface area contributed by atoms with Crippen LogP contribution in [-0.4, -0.2) is 29.0 Å². The lowest BCUT2D eigenvalue weighted by atomic mass is 9.91. The summed E-state index contributed by atoms with van der Waals surface area (Å²) in [4.78, 5) is 14.6. The first-order chi connectivity index (χ1) is 10.1. The van der Waals surface area contributed by atoms with Crippen LogP contribution in [0, 0.1) is 11.8 Å². The van der Waals surface area contributed by atoms with Crippen LogP contribution in [0.2, 0.25) is 0 Å². The van der Waals surface area contributed by atoms with Crippen LogP contribution >= 0.6 is 0 Å². The zero-order valence-corrected chi connectivity index (χ0v) is 12.5. The molecular formula is C18H21NO2. The normalized spacial score (nSPS) is 22.5. The van der Waals surface area contributed by atoms with E-state index in [2.05, 4.69) is 13.8 Å². The third-order valence-corrected chi connectivity index (χ3v) is 4.29. The number of nitrogens with zero attached hydrogens (tertiary/aromatic N) is 1. The predicted molar refractivity (Wildman–Crippen MR) is 84.5 cm³/mol. The van der Waals surface area contributed by atoms with Gasteiger partial charge in [-0.3, -0.25) is 4.79 Å². The Balaban J connectivity index is 1.96. The number of piperidine rings is 1. The van der Waals surface area contributed by atoms with Crippen molar-refractivity contribution in [2.24, 2.45) is 11.8 Å². The molecule has 3 rings (SSSR count). The molecule has 0 aromatic heterocycles. The first-order valence-electron chi connectivity index (χ1n) is 7.56. The molecule has 3 heteroatoms. The fraction of sp³-hybridized carbons (Fsp3) is 0.389. The Morgan fingerprint density at radius 1 is 1.10 bits per heavy atom. The van der Waals surface area contributed by atoms with Gasteiger partial charge < -0.3 is 10.0 Å². The summed E-state index contributed by atoms with van der Waals surface area (Å²) in [5.41, 5.74) is 0.412. The number of aromatic hydroxyl groups is 1. The molecule has 1 N–H and O–H groups in total. The van der Waals surface area contributed by atoms with Crippen LogP contribution in [0.1, 0.15) is 30.6 Å². The Hall–Kier alpha value is -2.03. The zero-order valence-electron chi connectivity index (χ0n) is 12.5. The van der Waals surface area contributed by atoms with E-state index in [1.165, 1.54) is 0 Å². The van der Waals surface area contributed by atoms with E-state index in [1.807, 2.05) is 35.2 Å². The van der Waals surface area contributed by atoms with Crippen molar-refractivity contribution >= 4 is 16.7 Å². The quantitative estimate of drug-likeness (QED) is 0.867. The summed E-state index contributed by atoms with van der Waals surface area (Å²) < 4.78 is 0. The largest absolute Gasteiger partial charge is 0.506 e. The number of fused-ring (bicyclic) bond motifs is 1. The van der Waals surface area contributed by atoms with Crippen molar-refractivity contribution in [1.29, 1.82) is 0 Å². The van der Waals surface area contributed by atoms with Gasteiger partial charge in [-0.1, -0.05) is 44.2 Å². The lowest BCUT2D eigenvalue weighted by molar-refractivity contribution is 0.0620. The van der Waals surface area contributed by atoms with E-state index in [0.717, 1.165) is 30.3 Å². The predicted octanol–water partition coefficient (Wildman–Crippen LogP) is 3.66. The number of phenols is 1. The number of rotatable bonds is 1. The Kier molecular flexibility index (Phi) is 3.58. The van der Waals surface area contributed by atoms with Gasteiger partial charge in [-0.05, 0) is 29.7 Å². The summed E-state index contributed by atoms with van der Waals surface area (Å²) >= 11 is 0. The Labute approximate surface area is 125 Å². The van der Waals surface area contributed by atoms with Crippen molar-refractivity contribution in [2.75, 3.05) is 13.1 Å². The molecule has 2 aromatic rings. The standard InChI is InChI=1S/C18H21NO2/c1-12-9-13(2)11-19(10-12)18(21)16-8-7-14-5-3-4-6-15(14)17(16)20/h3-8,12-13,20H,9-11H2,1-2H3. The third kappa shape index (κ3) is 2.60. The van der Waals surface area contributed by atoms with Gasteiger partial charge in [0, 0.05) is 18.5 Å². The molecule has 110 valence electrons. The van der Waals surface area contributed by atoms with Crippen LogP contribution in [0.3, 0.4) is 0 Å². The molecule has 1 saturated heterocycles. The van der Waals surface area contributed by atoms with Crippen molar-refractivity contribution in [3.63, 3.8) is 0 Å². The maximum absolute atomic E-state index is 12.7. The highest BCUT2D eigenvalue weighted by Crippen LogP contribution is 2.31. The Morgan fingerprint density at radius 2 is 1.76 bits per heavy atom. The second kappa shape index (κ2) is 5.40. The first-order valence-corrected chi connectivity index (χ1v) is 7.56. The fourth-order valence-corrected chi connectivity index (χ4v) is 3.43. The average molecular weight is 283 g/mol. The van der Waals surface area contributed by atoms with E-state index in [9.17, 15) is 9.90 Å². The smallest absolute Gasteiger partial charge is 0.257 e. The van der Waals surface area contributed by atoms with Crippen LogP contribution in [0.4, 0.5) is 0 Å². The fourth-order valence-electron chi connectivity index (χ4n) is 3.43. The van der Waals surface area contributed by atoms with Gasteiger partial charge in [-0.15, -0.1) is 0 Å². The minimum Gasteiger partial charge on any atom is -0.506 e. The van der Waals surface area contributed by atoms with Crippen molar-refractivity contribution in [2.45, 2.75) is 20.3 Å². The molecule has 2 unspecified atom stereocenters. The summed E-state index contributed by atoms with van der Waals surface area (Å²) in [6.07, 6.45) is 1.16. The van der Waals surface area contributed by atoms with Crippen molar-refractivity contribution < 1.29 is 9.90 Å². The topological polar surface area (TPSA) is 40.5 Å². The van der Waals surface area contributed by atoms with E-state index in [4.69, 9.17) is 0 Å². The van der Waals surface area contributed by atoms with Gasteiger partial charge in [0.25, 0.3) is 5.91 Å². The number of carbonyl (C=O) groups is 1. The van der Waals surface area contributed by atoms with E-state index in [-0.39, 0.29) is 11.7 Å². The van der Waals surface area contributed by atoms with Gasteiger partial charge in [0.1, 0.15) is 5.75 Å². The molecule has 1 fully saturated rings. The molecule has 21 heavy (non-hydrogen) atoms. The minimum atomic E-state index is -0.0587. The summed E-state index contributed by atoms with van der Waals surface area (Å²) in [5, 5.41) is 12.1. The lowest BCUT2D eigenvalue weighted by Crippen LogP contribution is -2.42. The van der Waals surface area contributed by atoms with Gasteiger partial charge >= 0.3 is 0 Å². The van der Waals surface area contributed by atoms with Gasteiger partial charge in [0.05, 0.1) is 5.56 Å². The second-order valence-corrected chi connectivity index (χ2v) is 6.34. The minimum absolute atomic E-state index is 0.0587.